The second kappa shape index (κ2) is 6.60. The molecule has 0 saturated carbocycles. The molecule has 5 nitrogen and oxygen atoms in total. The van der Waals surface area contributed by atoms with Crippen LogP contribution in [0.3, 0.4) is 0 Å². The van der Waals surface area contributed by atoms with Crippen LogP contribution in [0.5, 0.6) is 5.75 Å². The summed E-state index contributed by atoms with van der Waals surface area (Å²) in [5, 5.41) is 11.5. The third-order valence-electron chi connectivity index (χ3n) is 5.49. The number of benzene rings is 2. The fraction of sp³-hybridized carbons (Fsp3) is 0.450. The maximum atomic E-state index is 11.5. The highest BCUT2D eigenvalue weighted by Gasteiger charge is 2.54. The van der Waals surface area contributed by atoms with Crippen LogP contribution in [-0.4, -0.2) is 36.5 Å². The first-order chi connectivity index (χ1) is 12.1. The number of fused-ring (bicyclic) bond motifs is 1. The summed E-state index contributed by atoms with van der Waals surface area (Å²) in [6.45, 7) is 7.88. The molecular formula is C20H25BO5. The molecule has 1 aliphatic rings. The van der Waals surface area contributed by atoms with Gasteiger partial charge in [-0.1, -0.05) is 24.3 Å². The second-order valence-corrected chi connectivity index (χ2v) is 7.80. The van der Waals surface area contributed by atoms with E-state index in [0.29, 0.717) is 0 Å². The van der Waals surface area contributed by atoms with Gasteiger partial charge in [0, 0.05) is 5.82 Å². The van der Waals surface area contributed by atoms with Crippen LogP contribution in [0, 0.1) is 0 Å². The Morgan fingerprint density at radius 3 is 2.23 bits per heavy atom. The third kappa shape index (κ3) is 3.44. The van der Waals surface area contributed by atoms with E-state index in [-0.39, 0.29) is 12.2 Å². The van der Waals surface area contributed by atoms with Crippen molar-refractivity contribution in [1.29, 1.82) is 0 Å². The molecule has 0 amide bonds. The lowest BCUT2D eigenvalue weighted by atomic mass is 9.66. The predicted octanol–water partition coefficient (Wildman–Crippen LogP) is 4.04. The van der Waals surface area contributed by atoms with Crippen molar-refractivity contribution in [2.24, 2.45) is 0 Å². The molecule has 138 valence electrons. The Labute approximate surface area is 154 Å². The summed E-state index contributed by atoms with van der Waals surface area (Å²) in [5.74, 6) is -0.474. The van der Waals surface area contributed by atoms with Gasteiger partial charge in [0.05, 0.1) is 24.7 Å². The Kier molecular flexibility index (Phi) is 4.75. The summed E-state index contributed by atoms with van der Waals surface area (Å²) in [4.78, 5) is 11.5. The lowest BCUT2D eigenvalue weighted by Crippen LogP contribution is -2.41. The Morgan fingerprint density at radius 2 is 1.65 bits per heavy atom. The molecule has 1 N–H and O–H groups in total. The average molecular weight is 356 g/mol. The van der Waals surface area contributed by atoms with E-state index in [0.717, 1.165) is 22.1 Å². The number of carboxylic acid groups (broad SMARTS) is 1. The molecule has 0 aromatic heterocycles. The van der Waals surface area contributed by atoms with Gasteiger partial charge in [-0.2, -0.15) is 0 Å². The molecule has 0 aliphatic carbocycles. The van der Waals surface area contributed by atoms with Crippen LogP contribution < -0.4 is 4.74 Å². The zero-order chi connectivity index (χ0) is 19.1. The van der Waals surface area contributed by atoms with Crippen molar-refractivity contribution in [2.45, 2.75) is 51.1 Å². The topological polar surface area (TPSA) is 65.0 Å². The van der Waals surface area contributed by atoms with Crippen LogP contribution in [0.2, 0.25) is 0 Å². The fourth-order valence-electron chi connectivity index (χ4n) is 3.21. The van der Waals surface area contributed by atoms with Gasteiger partial charge in [-0.3, -0.25) is 4.79 Å². The van der Waals surface area contributed by atoms with Gasteiger partial charge in [-0.05, 0) is 56.2 Å². The molecule has 1 unspecified atom stereocenters. The number of carboxylic acids is 1. The molecule has 2 aromatic rings. The van der Waals surface area contributed by atoms with Gasteiger partial charge in [0.15, 0.2) is 0 Å². The van der Waals surface area contributed by atoms with Gasteiger partial charge >= 0.3 is 13.1 Å². The van der Waals surface area contributed by atoms with Gasteiger partial charge in [0.1, 0.15) is 5.75 Å². The molecule has 1 saturated heterocycles. The lowest BCUT2D eigenvalue weighted by molar-refractivity contribution is -0.137. The molecule has 0 bridgehead atoms. The molecule has 2 aromatic carbocycles. The third-order valence-corrected chi connectivity index (χ3v) is 5.49. The largest absolute Gasteiger partial charge is 0.497 e. The van der Waals surface area contributed by atoms with Crippen LogP contribution in [-0.2, 0) is 14.1 Å². The predicted molar refractivity (Wildman–Crippen MR) is 102 cm³/mol. The number of aliphatic carboxylic acids is 1. The van der Waals surface area contributed by atoms with Crippen LogP contribution in [0.1, 0.15) is 45.5 Å². The smallest absolute Gasteiger partial charge is 0.466 e. The molecule has 0 radical (unpaired) electrons. The maximum Gasteiger partial charge on any atom is 0.466 e. The zero-order valence-electron chi connectivity index (χ0n) is 15.9. The Balaban J connectivity index is 1.98. The van der Waals surface area contributed by atoms with E-state index in [2.05, 4.69) is 0 Å². The minimum atomic E-state index is -0.875. The first-order valence-corrected chi connectivity index (χ1v) is 8.78. The van der Waals surface area contributed by atoms with Crippen molar-refractivity contribution >= 4 is 23.9 Å². The highest BCUT2D eigenvalue weighted by molar-refractivity contribution is 6.48. The minimum absolute atomic E-state index is 0.0571. The number of methoxy groups -OCH3 is 1. The number of hydrogen-bond acceptors (Lipinski definition) is 4. The summed E-state index contributed by atoms with van der Waals surface area (Å²) < 4.78 is 17.5. The van der Waals surface area contributed by atoms with E-state index in [4.69, 9.17) is 14.0 Å². The van der Waals surface area contributed by atoms with Gasteiger partial charge in [-0.25, -0.2) is 0 Å². The van der Waals surface area contributed by atoms with E-state index >= 15 is 0 Å². The maximum absolute atomic E-state index is 11.5. The summed E-state index contributed by atoms with van der Waals surface area (Å²) in [7, 11) is 1.03. The van der Waals surface area contributed by atoms with Crippen LogP contribution in [0.4, 0.5) is 0 Å². The second-order valence-electron chi connectivity index (χ2n) is 7.80. The first-order valence-electron chi connectivity index (χ1n) is 8.78. The number of rotatable bonds is 5. The van der Waals surface area contributed by atoms with Gasteiger partial charge in [-0.15, -0.1) is 0 Å². The van der Waals surface area contributed by atoms with E-state index in [1.807, 2.05) is 64.1 Å². The first kappa shape index (κ1) is 18.7. The minimum Gasteiger partial charge on any atom is -0.497 e. The highest BCUT2D eigenvalue weighted by atomic mass is 16.7. The van der Waals surface area contributed by atoms with Gasteiger partial charge in [0.25, 0.3) is 0 Å². The Morgan fingerprint density at radius 1 is 1.08 bits per heavy atom. The number of ether oxygens (including phenoxy) is 1. The van der Waals surface area contributed by atoms with Gasteiger partial charge < -0.3 is 19.2 Å². The monoisotopic (exact) mass is 356 g/mol. The van der Waals surface area contributed by atoms with E-state index in [1.54, 1.807) is 7.11 Å². The molecular weight excluding hydrogens is 331 g/mol. The summed E-state index contributed by atoms with van der Waals surface area (Å²) in [6.07, 6.45) is -0.0571. The summed E-state index contributed by atoms with van der Waals surface area (Å²) in [5.41, 5.74) is -0.111. The van der Waals surface area contributed by atoms with Crippen molar-refractivity contribution in [2.75, 3.05) is 7.11 Å². The average Bonchev–Trinajstić information content (AvgIpc) is 2.79. The van der Waals surface area contributed by atoms with Crippen LogP contribution in [0.25, 0.3) is 10.8 Å². The molecule has 1 heterocycles. The Hall–Kier alpha value is -2.05. The summed E-state index contributed by atoms with van der Waals surface area (Å²) in [6, 6.07) is 11.8. The number of carbonyl (C=O) groups is 1. The lowest BCUT2D eigenvalue weighted by Gasteiger charge is -2.32. The molecule has 1 fully saturated rings. The molecule has 26 heavy (non-hydrogen) atoms. The SMILES string of the molecule is COc1ccc2cc(C(CC(=O)O)B3OC(C)(C)C(C)(C)O3)ccc2c1. The van der Waals surface area contributed by atoms with E-state index in [9.17, 15) is 9.90 Å². The van der Waals surface area contributed by atoms with Crippen molar-refractivity contribution in [1.82, 2.24) is 0 Å². The molecule has 6 heteroatoms. The van der Waals surface area contributed by atoms with Crippen LogP contribution >= 0.6 is 0 Å². The molecule has 0 spiro atoms. The van der Waals surface area contributed by atoms with E-state index in [1.165, 1.54) is 0 Å². The quantitative estimate of drug-likeness (QED) is 0.820. The normalized spacial score (nSPS) is 19.5. The Bertz CT molecular complexity index is 814. The number of hydrogen-bond donors (Lipinski definition) is 1. The van der Waals surface area contributed by atoms with E-state index < -0.39 is 24.3 Å². The van der Waals surface area contributed by atoms with Crippen molar-refractivity contribution in [3.05, 3.63) is 42.0 Å². The van der Waals surface area contributed by atoms with Crippen molar-refractivity contribution < 1.29 is 23.9 Å². The highest BCUT2D eigenvalue weighted by Crippen LogP contribution is 2.42. The standard InChI is InChI=1S/C20H25BO5/c1-19(2)20(3,4)26-21(25-19)17(12-18(22)23)15-7-6-14-11-16(24-5)9-8-13(14)10-15/h6-11,17H,12H2,1-5H3,(H,22,23). The van der Waals surface area contributed by atoms with Gasteiger partial charge in [0.2, 0.25) is 0 Å². The van der Waals surface area contributed by atoms with Crippen LogP contribution in [0.15, 0.2) is 36.4 Å². The summed E-state index contributed by atoms with van der Waals surface area (Å²) >= 11 is 0. The van der Waals surface area contributed by atoms with Crippen molar-refractivity contribution in [3.8, 4) is 5.75 Å². The molecule has 1 aliphatic heterocycles. The fourth-order valence-corrected chi connectivity index (χ4v) is 3.21. The van der Waals surface area contributed by atoms with Crippen molar-refractivity contribution in [3.63, 3.8) is 0 Å². The molecule has 1 atom stereocenters. The molecule has 3 rings (SSSR count). The zero-order valence-corrected chi connectivity index (χ0v) is 15.9.